The Kier molecular flexibility index (Phi) is 6.33. The second-order valence-electron chi connectivity index (χ2n) is 8.10. The zero-order valence-corrected chi connectivity index (χ0v) is 18.7. The predicted molar refractivity (Wildman–Crippen MR) is 123 cm³/mol. The highest BCUT2D eigenvalue weighted by Crippen LogP contribution is 2.21. The fraction of sp³-hybridized carbons (Fsp3) is 0.500. The average molecular weight is 443 g/mol. The number of aliphatic hydroxyl groups excluding tert-OH is 1. The molecule has 1 atom stereocenters. The summed E-state index contributed by atoms with van der Waals surface area (Å²) in [4.78, 5) is 32.1. The van der Waals surface area contributed by atoms with E-state index in [0.29, 0.717) is 36.0 Å². The van der Waals surface area contributed by atoms with Gasteiger partial charge in [0.1, 0.15) is 18.5 Å². The lowest BCUT2D eigenvalue weighted by molar-refractivity contribution is 0.0935. The molecule has 1 fully saturated rings. The lowest BCUT2D eigenvalue weighted by atomic mass is 10.2. The van der Waals surface area contributed by atoms with Crippen molar-refractivity contribution >= 4 is 17.1 Å². The van der Waals surface area contributed by atoms with Crippen molar-refractivity contribution in [3.63, 3.8) is 0 Å². The Morgan fingerprint density at radius 1 is 1.19 bits per heavy atom. The van der Waals surface area contributed by atoms with Crippen molar-refractivity contribution in [2.24, 2.45) is 14.1 Å². The van der Waals surface area contributed by atoms with Gasteiger partial charge in [0.05, 0.1) is 6.54 Å². The van der Waals surface area contributed by atoms with E-state index in [2.05, 4.69) is 22.1 Å². The largest absolute Gasteiger partial charge is 0.491 e. The van der Waals surface area contributed by atoms with E-state index in [1.807, 2.05) is 24.3 Å². The minimum Gasteiger partial charge on any atom is -0.491 e. The van der Waals surface area contributed by atoms with E-state index >= 15 is 0 Å². The van der Waals surface area contributed by atoms with Gasteiger partial charge >= 0.3 is 5.69 Å². The zero-order valence-electron chi connectivity index (χ0n) is 18.7. The Hall–Kier alpha value is -3.11. The molecule has 172 valence electrons. The molecule has 10 nitrogen and oxygen atoms in total. The lowest BCUT2D eigenvalue weighted by Crippen LogP contribution is -2.45. The highest BCUT2D eigenvalue weighted by molar-refractivity contribution is 5.74. The van der Waals surface area contributed by atoms with Crippen LogP contribution in [0, 0.1) is 0 Å². The molecule has 1 aromatic carbocycles. The number of fused-ring (bicyclic) bond motifs is 1. The molecular weight excluding hydrogens is 412 g/mol. The lowest BCUT2D eigenvalue weighted by Gasteiger charge is -2.29. The van der Waals surface area contributed by atoms with E-state index in [4.69, 9.17) is 4.74 Å². The van der Waals surface area contributed by atoms with Crippen LogP contribution in [0.3, 0.4) is 0 Å². The van der Waals surface area contributed by atoms with E-state index in [1.54, 1.807) is 11.6 Å². The monoisotopic (exact) mass is 442 g/mol. The van der Waals surface area contributed by atoms with E-state index in [0.717, 1.165) is 29.6 Å². The van der Waals surface area contributed by atoms with E-state index in [9.17, 15) is 14.7 Å². The third-order valence-electron chi connectivity index (χ3n) is 5.87. The third-order valence-corrected chi connectivity index (χ3v) is 5.87. The number of nitrogens with one attached hydrogen (secondary N) is 1. The minimum absolute atomic E-state index is 0.0694. The number of aliphatic hydroxyl groups is 1. The summed E-state index contributed by atoms with van der Waals surface area (Å²) in [7, 11) is 3.05. The average Bonchev–Trinajstić information content (AvgIpc) is 3.20. The van der Waals surface area contributed by atoms with E-state index in [-0.39, 0.29) is 13.2 Å². The predicted octanol–water partition coefficient (Wildman–Crippen LogP) is -0.154. The van der Waals surface area contributed by atoms with Crippen molar-refractivity contribution in [2.45, 2.75) is 26.0 Å². The normalized spacial score (nSPS) is 15.3. The number of imidazole rings is 1. The summed E-state index contributed by atoms with van der Waals surface area (Å²) in [5, 5.41) is 14.1. The van der Waals surface area contributed by atoms with Crippen LogP contribution in [-0.2, 0) is 27.1 Å². The number of nitrogens with zero attached hydrogens (tertiary/aromatic N) is 5. The maximum atomic E-state index is 13.0. The van der Waals surface area contributed by atoms with Crippen molar-refractivity contribution < 1.29 is 9.84 Å². The molecular formula is C22H30N6O4. The number of anilines is 1. The molecule has 0 saturated carbocycles. The summed E-state index contributed by atoms with van der Waals surface area (Å²) in [6, 6.07) is 7.77. The highest BCUT2D eigenvalue weighted by Gasteiger charge is 2.25. The van der Waals surface area contributed by atoms with Crippen LogP contribution in [0.2, 0.25) is 0 Å². The van der Waals surface area contributed by atoms with Crippen LogP contribution in [0.15, 0.2) is 33.9 Å². The van der Waals surface area contributed by atoms with Gasteiger partial charge < -0.3 is 24.6 Å². The number of benzene rings is 1. The number of hydrogen-bond acceptors (Lipinski definition) is 7. The maximum Gasteiger partial charge on any atom is 0.332 e. The molecule has 4 rings (SSSR count). The topological polar surface area (TPSA) is 107 Å². The minimum atomic E-state index is -0.874. The number of piperazine rings is 1. The Bertz CT molecular complexity index is 1220. The highest BCUT2D eigenvalue weighted by atomic mass is 16.5. The van der Waals surface area contributed by atoms with Gasteiger partial charge in [0.2, 0.25) is 5.95 Å². The molecule has 1 saturated heterocycles. The number of rotatable bonds is 7. The second kappa shape index (κ2) is 9.17. The number of hydrogen-bond donors (Lipinski definition) is 2. The first kappa shape index (κ1) is 22.1. The third kappa shape index (κ3) is 4.15. The molecule has 0 amide bonds. The van der Waals surface area contributed by atoms with Gasteiger partial charge in [-0.1, -0.05) is 19.1 Å². The zero-order chi connectivity index (χ0) is 22.8. The summed E-state index contributed by atoms with van der Waals surface area (Å²) in [5.74, 6) is 1.27. The van der Waals surface area contributed by atoms with Crippen molar-refractivity contribution in [1.82, 2.24) is 24.0 Å². The molecule has 2 N–H and O–H groups in total. The Morgan fingerprint density at radius 2 is 1.94 bits per heavy atom. The molecule has 3 aromatic rings. The van der Waals surface area contributed by atoms with Crippen molar-refractivity contribution in [1.29, 1.82) is 0 Å². The van der Waals surface area contributed by atoms with Crippen LogP contribution in [0.4, 0.5) is 5.95 Å². The fourth-order valence-electron chi connectivity index (χ4n) is 4.03. The Labute approximate surface area is 185 Å². The van der Waals surface area contributed by atoms with Crippen LogP contribution in [0.1, 0.15) is 12.5 Å². The van der Waals surface area contributed by atoms with Crippen LogP contribution in [-0.4, -0.2) is 62.7 Å². The second-order valence-corrected chi connectivity index (χ2v) is 8.10. The van der Waals surface area contributed by atoms with Crippen LogP contribution >= 0.6 is 0 Å². The molecule has 0 radical (unpaired) electrons. The summed E-state index contributed by atoms with van der Waals surface area (Å²) in [5.41, 5.74) is 0.910. The standard InChI is InChI=1S/C22H30N6O4/c1-4-15-6-5-7-17(12-15)32-14-16(29)13-28-18-19(25(2)22(31)26(3)20(18)30)24-21(28)27-10-8-23-9-11-27/h5-7,12,16,23,29H,4,8-11,13-14H2,1-3H3/t16-/m0/s1. The van der Waals surface area contributed by atoms with E-state index < -0.39 is 17.4 Å². The van der Waals surface area contributed by atoms with Crippen molar-refractivity contribution in [2.75, 3.05) is 37.7 Å². The van der Waals surface area contributed by atoms with Gasteiger partial charge in [-0.05, 0) is 24.1 Å². The van der Waals surface area contributed by atoms with Gasteiger partial charge in [-0.25, -0.2) is 4.79 Å². The summed E-state index contributed by atoms with van der Waals surface area (Å²) in [6.45, 7) is 5.28. The fourth-order valence-corrected chi connectivity index (χ4v) is 4.03. The molecule has 32 heavy (non-hydrogen) atoms. The summed E-state index contributed by atoms with van der Waals surface area (Å²) >= 11 is 0. The summed E-state index contributed by atoms with van der Waals surface area (Å²) in [6.07, 6.45) is 0.0258. The van der Waals surface area contributed by atoms with Crippen molar-refractivity contribution in [3.05, 3.63) is 50.7 Å². The quantitative estimate of drug-likeness (QED) is 0.524. The molecule has 1 aliphatic rings. The first-order chi connectivity index (χ1) is 15.4. The molecule has 10 heteroatoms. The van der Waals surface area contributed by atoms with Crippen LogP contribution in [0.25, 0.3) is 11.2 Å². The van der Waals surface area contributed by atoms with Crippen LogP contribution in [0.5, 0.6) is 5.75 Å². The van der Waals surface area contributed by atoms with Gasteiger partial charge in [-0.2, -0.15) is 4.98 Å². The SMILES string of the molecule is CCc1cccc(OC[C@@H](O)Cn2c(N3CCNCC3)nc3c2c(=O)n(C)c(=O)n3C)c1. The Balaban J connectivity index is 1.67. The van der Waals surface area contributed by atoms with Gasteiger partial charge in [0.25, 0.3) is 5.56 Å². The maximum absolute atomic E-state index is 13.0. The molecule has 3 heterocycles. The molecule has 2 aromatic heterocycles. The van der Waals surface area contributed by atoms with E-state index in [1.165, 1.54) is 11.6 Å². The number of aromatic nitrogens is 4. The summed E-state index contributed by atoms with van der Waals surface area (Å²) < 4.78 is 9.97. The number of ether oxygens (including phenoxy) is 1. The Morgan fingerprint density at radius 3 is 2.66 bits per heavy atom. The van der Waals surface area contributed by atoms with Gasteiger partial charge in [0.15, 0.2) is 11.2 Å². The molecule has 0 spiro atoms. The smallest absolute Gasteiger partial charge is 0.332 e. The van der Waals surface area contributed by atoms with Gasteiger partial charge in [-0.3, -0.25) is 13.9 Å². The van der Waals surface area contributed by atoms with Gasteiger partial charge in [-0.15, -0.1) is 0 Å². The number of aryl methyl sites for hydroxylation is 2. The van der Waals surface area contributed by atoms with Crippen LogP contribution < -0.4 is 26.2 Å². The molecule has 1 aliphatic heterocycles. The molecule has 0 unspecified atom stereocenters. The molecule has 0 bridgehead atoms. The first-order valence-electron chi connectivity index (χ1n) is 10.9. The van der Waals surface area contributed by atoms with Gasteiger partial charge in [0, 0.05) is 40.3 Å². The van der Waals surface area contributed by atoms with Crippen molar-refractivity contribution in [3.8, 4) is 5.75 Å². The first-order valence-corrected chi connectivity index (χ1v) is 10.9. The molecule has 0 aliphatic carbocycles.